The molecule has 4 N–H and O–H groups in total. The fourth-order valence-corrected chi connectivity index (χ4v) is 8.67. The van der Waals surface area contributed by atoms with Gasteiger partial charge in [0.25, 0.3) is 0 Å². The van der Waals surface area contributed by atoms with Gasteiger partial charge in [-0.05, 0) is 62.2 Å². The summed E-state index contributed by atoms with van der Waals surface area (Å²) < 4.78 is 0. The molecule has 9 heteroatoms. The molecule has 0 saturated heterocycles. The third kappa shape index (κ3) is 3.35. The van der Waals surface area contributed by atoms with Crippen molar-refractivity contribution in [3.8, 4) is 0 Å². The lowest BCUT2D eigenvalue weighted by molar-refractivity contribution is -0.183. The van der Waals surface area contributed by atoms with Crippen LogP contribution in [-0.4, -0.2) is 56.3 Å². The van der Waals surface area contributed by atoms with Crippen LogP contribution in [0.15, 0.2) is 0 Å². The molecule has 1 amide bonds. The van der Waals surface area contributed by atoms with Crippen molar-refractivity contribution in [2.24, 2.45) is 53.1 Å². The second-order valence-corrected chi connectivity index (χ2v) is 11.8. The fraction of sp³-hybridized carbons (Fsp3) is 0.800. The minimum absolute atomic E-state index is 0.0277. The number of halogens is 1. The van der Waals surface area contributed by atoms with Gasteiger partial charge in [-0.2, -0.15) is 0 Å². The summed E-state index contributed by atoms with van der Waals surface area (Å²) in [6.45, 7) is 0. The number of aliphatic hydroxyl groups is 2. The highest BCUT2D eigenvalue weighted by molar-refractivity contribution is 6.30. The number of hydrogen-bond acceptors (Lipinski definition) is 7. The minimum Gasteiger partial charge on any atom is -0.392 e. The van der Waals surface area contributed by atoms with Gasteiger partial charge in [0.1, 0.15) is 5.78 Å². The van der Waals surface area contributed by atoms with Gasteiger partial charge < -0.3 is 15.9 Å². The molecule has 0 aromatic heterocycles. The van der Waals surface area contributed by atoms with E-state index in [1.807, 2.05) is 0 Å². The molecule has 0 heterocycles. The number of amides is 1. The van der Waals surface area contributed by atoms with Gasteiger partial charge in [-0.1, -0.05) is 12.8 Å². The first-order valence-corrected chi connectivity index (χ1v) is 13.0. The molecule has 0 radical (unpaired) electrons. The molecule has 0 aromatic carbocycles. The highest BCUT2D eigenvalue weighted by Gasteiger charge is 2.67. The quantitative estimate of drug-likeness (QED) is 0.382. The molecule has 0 aliphatic heterocycles. The number of ketones is 4. The Bertz CT molecular complexity index is 952. The molecule has 11 atom stereocenters. The van der Waals surface area contributed by atoms with Crippen molar-refractivity contribution < 1.29 is 34.2 Å². The van der Waals surface area contributed by atoms with E-state index in [2.05, 4.69) is 0 Å². The van der Waals surface area contributed by atoms with Gasteiger partial charge in [-0.15, -0.1) is 11.6 Å². The monoisotopic (exact) mass is 493 g/mol. The van der Waals surface area contributed by atoms with Crippen molar-refractivity contribution >= 4 is 40.6 Å². The number of carbonyl (C=O) groups excluding carboxylic acids is 5. The van der Waals surface area contributed by atoms with Gasteiger partial charge in [-0.25, -0.2) is 0 Å². The standard InChI is InChI=1S/C25H32ClNO7/c26-15-4-2-1-3-13(15)12-5-6-16(28)19-14(12)8-10-7-11-9-17(29)20(24(27)33)23(32)25(11,34)22(31)18(10)21(19)30/h10-16,18-20,28,34H,1-9H2,(H2,27,33)/t10-,11+,12?,13?,14?,15?,16?,18?,19?,20?,25+/m1/s1. The van der Waals surface area contributed by atoms with Crippen molar-refractivity contribution in [3.63, 3.8) is 0 Å². The molecular weight excluding hydrogens is 462 g/mol. The molecule has 5 saturated carbocycles. The number of rotatable bonds is 2. The Kier molecular flexibility index (Phi) is 6.01. The largest absolute Gasteiger partial charge is 0.392 e. The van der Waals surface area contributed by atoms with Crippen LogP contribution in [0.25, 0.3) is 0 Å². The molecule has 8 unspecified atom stereocenters. The Hall–Kier alpha value is -1.64. The Labute approximate surface area is 203 Å². The number of primary amides is 1. The van der Waals surface area contributed by atoms with E-state index >= 15 is 0 Å². The van der Waals surface area contributed by atoms with Crippen LogP contribution in [0.1, 0.15) is 57.8 Å². The average Bonchev–Trinajstić information content (AvgIpc) is 2.77. The summed E-state index contributed by atoms with van der Waals surface area (Å²) in [5, 5.41) is 22.1. The smallest absolute Gasteiger partial charge is 0.235 e. The average molecular weight is 494 g/mol. The van der Waals surface area contributed by atoms with E-state index in [9.17, 15) is 34.2 Å². The number of alkyl halides is 1. The second kappa shape index (κ2) is 8.49. The summed E-state index contributed by atoms with van der Waals surface area (Å²) in [6, 6.07) is 0. The number of aliphatic hydroxyl groups excluding tert-OH is 1. The molecule has 5 aliphatic carbocycles. The van der Waals surface area contributed by atoms with Crippen molar-refractivity contribution in [1.82, 2.24) is 0 Å². The van der Waals surface area contributed by atoms with Crippen LogP contribution in [-0.2, 0) is 24.0 Å². The van der Waals surface area contributed by atoms with E-state index in [4.69, 9.17) is 17.3 Å². The zero-order chi connectivity index (χ0) is 24.5. The van der Waals surface area contributed by atoms with Crippen LogP contribution in [0.2, 0.25) is 0 Å². The maximum atomic E-state index is 13.7. The predicted molar refractivity (Wildman–Crippen MR) is 119 cm³/mol. The topological polar surface area (TPSA) is 152 Å². The SMILES string of the molecule is NC(=O)C1C(=O)C[C@@H]2C[C@@H]3CC4C(C5CCCCC5Cl)CCC(O)C4C(=O)C3C(=O)[C@]2(O)C1=O. The lowest BCUT2D eigenvalue weighted by atomic mass is 9.48. The van der Waals surface area contributed by atoms with E-state index in [-0.39, 0.29) is 36.0 Å². The first-order valence-electron chi connectivity index (χ1n) is 12.6. The highest BCUT2D eigenvalue weighted by Crippen LogP contribution is 2.56. The zero-order valence-electron chi connectivity index (χ0n) is 19.0. The molecule has 5 fully saturated rings. The maximum Gasteiger partial charge on any atom is 0.235 e. The third-order valence-electron chi connectivity index (χ3n) is 9.71. The van der Waals surface area contributed by atoms with Crippen LogP contribution >= 0.6 is 11.6 Å². The van der Waals surface area contributed by atoms with Gasteiger partial charge in [0.05, 0.1) is 12.0 Å². The highest BCUT2D eigenvalue weighted by atomic mass is 35.5. The molecule has 5 aliphatic rings. The molecular formula is C25H32ClNO7. The second-order valence-electron chi connectivity index (χ2n) is 11.3. The van der Waals surface area contributed by atoms with Gasteiger partial charge in [-0.3, -0.25) is 24.0 Å². The van der Waals surface area contributed by atoms with Crippen molar-refractivity contribution in [1.29, 1.82) is 0 Å². The Morgan fingerprint density at radius 2 is 1.65 bits per heavy atom. The summed E-state index contributed by atoms with van der Waals surface area (Å²) in [5.41, 5.74) is 2.65. The number of fused-ring (bicyclic) bond motifs is 3. The first-order chi connectivity index (χ1) is 16.1. The summed E-state index contributed by atoms with van der Waals surface area (Å²) >= 11 is 6.71. The molecule has 0 bridgehead atoms. The minimum atomic E-state index is -2.57. The zero-order valence-corrected chi connectivity index (χ0v) is 19.8. The Morgan fingerprint density at radius 3 is 2.32 bits per heavy atom. The van der Waals surface area contributed by atoms with Crippen molar-refractivity contribution in [2.75, 3.05) is 0 Å². The first kappa shape index (κ1) is 24.1. The Balaban J connectivity index is 1.48. The van der Waals surface area contributed by atoms with E-state index in [0.29, 0.717) is 12.8 Å². The van der Waals surface area contributed by atoms with E-state index in [1.165, 1.54) is 0 Å². The van der Waals surface area contributed by atoms with Crippen LogP contribution in [0.3, 0.4) is 0 Å². The van der Waals surface area contributed by atoms with Gasteiger partial charge in [0, 0.05) is 23.6 Å². The number of carbonyl (C=O) groups is 5. The summed E-state index contributed by atoms with van der Waals surface area (Å²) in [5.74, 6) is -9.32. The number of nitrogens with two attached hydrogens (primary N) is 1. The maximum absolute atomic E-state index is 13.7. The lowest BCUT2D eigenvalue weighted by Crippen LogP contribution is -2.69. The summed E-state index contributed by atoms with van der Waals surface area (Å²) in [4.78, 5) is 64.5. The van der Waals surface area contributed by atoms with Crippen LogP contribution in [0.5, 0.6) is 0 Å². The van der Waals surface area contributed by atoms with Crippen molar-refractivity contribution in [2.45, 2.75) is 74.9 Å². The van der Waals surface area contributed by atoms with Gasteiger partial charge in [0.15, 0.2) is 28.9 Å². The van der Waals surface area contributed by atoms with Crippen LogP contribution in [0, 0.1) is 47.3 Å². The van der Waals surface area contributed by atoms with E-state index < -0.39 is 70.3 Å². The Morgan fingerprint density at radius 1 is 0.941 bits per heavy atom. The van der Waals surface area contributed by atoms with Crippen LogP contribution in [0.4, 0.5) is 0 Å². The van der Waals surface area contributed by atoms with Crippen molar-refractivity contribution in [3.05, 3.63) is 0 Å². The number of Topliss-reactive ketones (excluding diaryl/α,β-unsaturated/α-hetero) is 4. The predicted octanol–water partition coefficient (Wildman–Crippen LogP) is 0.956. The van der Waals surface area contributed by atoms with Crippen LogP contribution < -0.4 is 5.73 Å². The molecule has 8 nitrogen and oxygen atoms in total. The molecule has 34 heavy (non-hydrogen) atoms. The number of hydrogen-bond donors (Lipinski definition) is 3. The summed E-state index contributed by atoms with van der Waals surface area (Å²) in [7, 11) is 0. The molecule has 5 rings (SSSR count). The normalized spacial score (nSPS) is 49.1. The third-order valence-corrected chi connectivity index (χ3v) is 10.3. The fourth-order valence-electron chi connectivity index (χ4n) is 8.20. The molecule has 0 aromatic rings. The van der Waals surface area contributed by atoms with E-state index in [1.54, 1.807) is 0 Å². The van der Waals surface area contributed by atoms with E-state index in [0.717, 1.165) is 32.1 Å². The molecule has 0 spiro atoms. The lowest BCUT2D eigenvalue weighted by Gasteiger charge is -2.55. The molecule has 186 valence electrons. The summed E-state index contributed by atoms with van der Waals surface area (Å²) in [6.07, 6.45) is 4.82. The van der Waals surface area contributed by atoms with Gasteiger partial charge >= 0.3 is 0 Å². The van der Waals surface area contributed by atoms with Gasteiger partial charge in [0.2, 0.25) is 5.91 Å².